The van der Waals surface area contributed by atoms with Gasteiger partial charge in [0.1, 0.15) is 0 Å². The maximum atomic E-state index is 10.4. The number of carboxylic acid groups (broad SMARTS) is 1. The third kappa shape index (κ3) is 9.27. The van der Waals surface area contributed by atoms with Crippen LogP contribution in [0.5, 0.6) is 0 Å². The molecule has 1 heterocycles. The van der Waals surface area contributed by atoms with Crippen molar-refractivity contribution in [1.29, 1.82) is 0 Å². The topological polar surface area (TPSA) is 210 Å². The Labute approximate surface area is 141 Å². The summed E-state index contributed by atoms with van der Waals surface area (Å²) in [5.74, 6) is -0.272. The molecule has 1 aliphatic heterocycles. The van der Waals surface area contributed by atoms with E-state index in [4.69, 9.17) is 0 Å². The third-order valence-electron chi connectivity index (χ3n) is 1.65. The first-order chi connectivity index (χ1) is 4.54. The van der Waals surface area contributed by atoms with Crippen molar-refractivity contribution < 1.29 is 88.7 Å². The Morgan fingerprint density at radius 2 is 1.62 bits per heavy atom. The number of hydrogen-bond acceptors (Lipinski definition) is 4. The van der Waals surface area contributed by atoms with Crippen LogP contribution in [0.3, 0.4) is 0 Å². The van der Waals surface area contributed by atoms with Gasteiger partial charge in [-0.2, -0.15) is 0 Å². The zero-order valence-corrected chi connectivity index (χ0v) is 13.4. The molecule has 98 valence electrons. The summed E-state index contributed by atoms with van der Waals surface area (Å²) in [4.78, 5) is 10.4. The van der Waals surface area contributed by atoms with Crippen molar-refractivity contribution in [2.75, 3.05) is 5.88 Å². The molecule has 1 atom stereocenters. The SMILES string of the molecule is CC1(C)NCS[C@H]1C(=O)[O-].O.O.O.O.O.[K+]. The van der Waals surface area contributed by atoms with Crippen molar-refractivity contribution in [1.82, 2.24) is 5.32 Å². The zero-order chi connectivity index (χ0) is 7.78. The van der Waals surface area contributed by atoms with Gasteiger partial charge in [0.25, 0.3) is 0 Å². The van der Waals surface area contributed by atoms with Gasteiger partial charge < -0.3 is 42.6 Å². The minimum Gasteiger partial charge on any atom is -0.549 e. The van der Waals surface area contributed by atoms with Crippen molar-refractivity contribution >= 4 is 17.7 Å². The normalized spacial score (nSPS) is 19.0. The number of carbonyl (C=O) groups is 1. The largest absolute Gasteiger partial charge is 1.00 e. The van der Waals surface area contributed by atoms with Gasteiger partial charge >= 0.3 is 51.4 Å². The molecular formula is C6H20KNO7S. The van der Waals surface area contributed by atoms with Crippen LogP contribution in [0.1, 0.15) is 13.8 Å². The Hall–Kier alpha value is 1.22. The third-order valence-corrected chi connectivity index (χ3v) is 3.07. The molecule has 0 spiro atoms. The van der Waals surface area contributed by atoms with Gasteiger partial charge in [-0.1, -0.05) is 0 Å². The molecule has 0 radical (unpaired) electrons. The molecule has 0 aliphatic carbocycles. The first kappa shape index (κ1) is 36.0. The van der Waals surface area contributed by atoms with Crippen LogP contribution in [-0.2, 0) is 4.79 Å². The van der Waals surface area contributed by atoms with Crippen LogP contribution in [0.2, 0.25) is 0 Å². The number of aliphatic carboxylic acids is 1. The molecular weight excluding hydrogens is 269 g/mol. The second kappa shape index (κ2) is 14.3. The van der Waals surface area contributed by atoms with E-state index >= 15 is 0 Å². The molecule has 8 nitrogen and oxygen atoms in total. The van der Waals surface area contributed by atoms with Crippen LogP contribution >= 0.6 is 11.8 Å². The van der Waals surface area contributed by atoms with Gasteiger partial charge in [0, 0.05) is 11.4 Å². The fraction of sp³-hybridized carbons (Fsp3) is 0.833. The van der Waals surface area contributed by atoms with E-state index in [0.717, 1.165) is 0 Å². The monoisotopic (exact) mass is 289 g/mol. The molecule has 1 aliphatic rings. The summed E-state index contributed by atoms with van der Waals surface area (Å²) in [7, 11) is 0. The van der Waals surface area contributed by atoms with Gasteiger partial charge in [-0.25, -0.2) is 0 Å². The molecule has 0 aromatic rings. The number of carbonyl (C=O) groups excluding carboxylic acids is 1. The second-order valence-corrected chi connectivity index (χ2v) is 4.00. The number of rotatable bonds is 1. The van der Waals surface area contributed by atoms with Crippen LogP contribution in [-0.4, -0.2) is 50.0 Å². The van der Waals surface area contributed by atoms with Gasteiger partial charge in [0.15, 0.2) is 0 Å². The van der Waals surface area contributed by atoms with E-state index in [0.29, 0.717) is 5.88 Å². The van der Waals surface area contributed by atoms with E-state index in [9.17, 15) is 9.90 Å². The van der Waals surface area contributed by atoms with E-state index < -0.39 is 11.2 Å². The van der Waals surface area contributed by atoms with Crippen molar-refractivity contribution in [3.8, 4) is 0 Å². The summed E-state index contributed by atoms with van der Waals surface area (Å²) >= 11 is 1.38. The number of nitrogens with one attached hydrogen (secondary N) is 1. The molecule has 11 N–H and O–H groups in total. The maximum absolute atomic E-state index is 10.4. The Kier molecular flexibility index (Phi) is 32.1. The Morgan fingerprint density at radius 3 is 1.75 bits per heavy atom. The Bertz CT molecular complexity index is 171. The van der Waals surface area contributed by atoms with E-state index in [1.165, 1.54) is 11.8 Å². The summed E-state index contributed by atoms with van der Waals surface area (Å²) in [5, 5.41) is 13.1. The number of carboxylic acids is 1. The fourth-order valence-electron chi connectivity index (χ4n) is 0.975. The van der Waals surface area contributed by atoms with Crippen LogP contribution in [0.25, 0.3) is 0 Å². The standard InChI is InChI=1S/C6H11NO2S.K.5H2O/c1-6(2)4(5(8)9)10-3-7-6;;;;;;/h4,7H,3H2,1-2H3,(H,8,9);;5*1H2/q;+1;;;;;/p-1/t4-;;;;;;/m0....../s1. The quantitative estimate of drug-likeness (QED) is 0.465. The number of thioether (sulfide) groups is 1. The van der Waals surface area contributed by atoms with E-state index in [2.05, 4.69) is 5.32 Å². The van der Waals surface area contributed by atoms with Gasteiger partial charge in [-0.3, -0.25) is 0 Å². The number of hydrogen-bond donors (Lipinski definition) is 1. The summed E-state index contributed by atoms with van der Waals surface area (Å²) < 4.78 is 0. The molecule has 0 bridgehead atoms. The van der Waals surface area contributed by atoms with Crippen LogP contribution in [0.15, 0.2) is 0 Å². The van der Waals surface area contributed by atoms with E-state index in [1.54, 1.807) is 0 Å². The maximum Gasteiger partial charge on any atom is 1.00 e. The molecule has 1 rings (SSSR count). The molecule has 0 saturated carbocycles. The van der Waals surface area contributed by atoms with Crippen LogP contribution in [0.4, 0.5) is 0 Å². The smallest absolute Gasteiger partial charge is 0.549 e. The summed E-state index contributed by atoms with van der Waals surface area (Å²) in [6, 6.07) is 0. The van der Waals surface area contributed by atoms with Crippen LogP contribution < -0.4 is 61.8 Å². The first-order valence-corrected chi connectivity index (χ1v) is 4.16. The summed E-state index contributed by atoms with van der Waals surface area (Å²) in [6.45, 7) is 3.74. The predicted molar refractivity (Wildman–Crippen MR) is 56.5 cm³/mol. The first-order valence-electron chi connectivity index (χ1n) is 3.11. The van der Waals surface area contributed by atoms with E-state index in [1.807, 2.05) is 13.8 Å². The minimum atomic E-state index is -0.972. The molecule has 1 saturated heterocycles. The van der Waals surface area contributed by atoms with Crippen molar-refractivity contribution in [3.05, 3.63) is 0 Å². The Morgan fingerprint density at radius 1 is 1.25 bits per heavy atom. The van der Waals surface area contributed by atoms with Gasteiger partial charge in [-0.15, -0.1) is 11.8 Å². The second-order valence-electron chi connectivity index (χ2n) is 2.91. The predicted octanol–water partition coefficient (Wildman–Crippen LogP) is -7.94. The van der Waals surface area contributed by atoms with Crippen LogP contribution in [0, 0.1) is 0 Å². The molecule has 10 heteroatoms. The Balaban J connectivity index is -0.0000000417. The molecule has 0 aromatic carbocycles. The average molecular weight is 289 g/mol. The molecule has 0 amide bonds. The minimum absolute atomic E-state index is 0. The molecule has 1 fully saturated rings. The molecule has 16 heavy (non-hydrogen) atoms. The summed E-state index contributed by atoms with van der Waals surface area (Å²) in [5.41, 5.74) is -0.316. The summed E-state index contributed by atoms with van der Waals surface area (Å²) in [6.07, 6.45) is 0. The van der Waals surface area contributed by atoms with E-state index in [-0.39, 0.29) is 84.3 Å². The average Bonchev–Trinajstić information content (AvgIpc) is 2.08. The van der Waals surface area contributed by atoms with Crippen molar-refractivity contribution in [3.63, 3.8) is 0 Å². The van der Waals surface area contributed by atoms with Crippen molar-refractivity contribution in [2.45, 2.75) is 24.6 Å². The fourth-order valence-corrected chi connectivity index (χ4v) is 2.23. The molecule has 0 aromatic heterocycles. The van der Waals surface area contributed by atoms with Gasteiger partial charge in [0.05, 0.1) is 11.2 Å². The molecule has 0 unspecified atom stereocenters. The van der Waals surface area contributed by atoms with Gasteiger partial charge in [-0.05, 0) is 13.8 Å². The zero-order valence-electron chi connectivity index (χ0n) is 9.51. The van der Waals surface area contributed by atoms with Gasteiger partial charge in [0.2, 0.25) is 0 Å². The van der Waals surface area contributed by atoms with Crippen molar-refractivity contribution in [2.24, 2.45) is 0 Å².